The number of likely N-dealkylation sites (N-methyl/N-ethyl adjacent to an activating group) is 1. The van der Waals surface area contributed by atoms with Crippen molar-refractivity contribution in [1.82, 2.24) is 9.88 Å². The summed E-state index contributed by atoms with van der Waals surface area (Å²) in [6.07, 6.45) is 2.06. The zero-order valence-electron chi connectivity index (χ0n) is 16.0. The fraction of sp³-hybridized carbons (Fsp3) is 0.368. The Labute approximate surface area is 189 Å². The second-order valence-electron chi connectivity index (χ2n) is 5.92. The number of anilines is 1. The number of thioether (sulfide) groups is 1. The van der Waals surface area contributed by atoms with Crippen molar-refractivity contribution < 1.29 is 4.79 Å². The molecule has 1 aromatic carbocycles. The number of aromatic nitrogens is 1. The number of fused-ring (bicyclic) bond motifs is 1. The molecular weight excluding hydrogens is 453 g/mol. The largest absolute Gasteiger partial charge is 0.302 e. The zero-order chi connectivity index (χ0) is 19.4. The van der Waals surface area contributed by atoms with Gasteiger partial charge in [-0.25, -0.2) is 4.98 Å². The van der Waals surface area contributed by atoms with Gasteiger partial charge in [-0.2, -0.15) is 0 Å². The minimum atomic E-state index is -0.0387. The molecule has 0 aliphatic carbocycles. The Morgan fingerprint density at radius 1 is 1.14 bits per heavy atom. The maximum absolute atomic E-state index is 13.2. The van der Waals surface area contributed by atoms with Gasteiger partial charge in [0.25, 0.3) is 5.91 Å². The van der Waals surface area contributed by atoms with Gasteiger partial charge in [0.2, 0.25) is 0 Å². The molecule has 2 heterocycles. The van der Waals surface area contributed by atoms with E-state index in [0.717, 1.165) is 35.0 Å². The average Bonchev–Trinajstić information content (AvgIpc) is 3.30. The first-order chi connectivity index (χ1) is 13.0. The van der Waals surface area contributed by atoms with Crippen LogP contribution in [0.5, 0.6) is 0 Å². The van der Waals surface area contributed by atoms with E-state index in [-0.39, 0.29) is 18.3 Å². The first-order valence-corrected chi connectivity index (χ1v) is 12.0. The van der Waals surface area contributed by atoms with E-state index < -0.39 is 0 Å². The van der Waals surface area contributed by atoms with E-state index in [4.69, 9.17) is 16.6 Å². The molecule has 28 heavy (non-hydrogen) atoms. The molecule has 0 atom stereocenters. The van der Waals surface area contributed by atoms with Crippen LogP contribution in [0.4, 0.5) is 5.13 Å². The van der Waals surface area contributed by atoms with E-state index >= 15 is 0 Å². The van der Waals surface area contributed by atoms with Crippen molar-refractivity contribution >= 4 is 79.7 Å². The number of halogens is 2. The van der Waals surface area contributed by atoms with Gasteiger partial charge >= 0.3 is 0 Å². The highest BCUT2D eigenvalue weighted by Gasteiger charge is 2.23. The number of amides is 1. The highest BCUT2D eigenvalue weighted by molar-refractivity contribution is 7.98. The minimum absolute atomic E-state index is 0. The second kappa shape index (κ2) is 10.8. The molecule has 3 rings (SSSR count). The molecular formula is C19H23Cl2N3OS3. The lowest BCUT2D eigenvalue weighted by molar-refractivity contribution is 0.0987. The molecule has 0 spiro atoms. The highest BCUT2D eigenvalue weighted by atomic mass is 35.5. The van der Waals surface area contributed by atoms with Crippen molar-refractivity contribution in [3.63, 3.8) is 0 Å². The van der Waals surface area contributed by atoms with Crippen LogP contribution in [0.2, 0.25) is 4.34 Å². The van der Waals surface area contributed by atoms with Crippen LogP contribution in [-0.2, 0) is 0 Å². The monoisotopic (exact) mass is 475 g/mol. The van der Waals surface area contributed by atoms with Gasteiger partial charge in [-0.15, -0.1) is 35.5 Å². The third-order valence-corrected chi connectivity index (χ3v) is 7.36. The molecule has 9 heteroatoms. The van der Waals surface area contributed by atoms with Gasteiger partial charge in [0.15, 0.2) is 5.13 Å². The molecule has 0 saturated heterocycles. The van der Waals surface area contributed by atoms with Crippen LogP contribution in [0.1, 0.15) is 23.5 Å². The van der Waals surface area contributed by atoms with E-state index in [1.165, 1.54) is 16.2 Å². The van der Waals surface area contributed by atoms with Gasteiger partial charge in [-0.05, 0) is 49.7 Å². The van der Waals surface area contributed by atoms with Crippen LogP contribution in [0.25, 0.3) is 10.2 Å². The Morgan fingerprint density at radius 2 is 1.89 bits per heavy atom. The molecule has 2 aromatic heterocycles. The third-order valence-electron chi connectivity index (χ3n) is 4.38. The van der Waals surface area contributed by atoms with Gasteiger partial charge in [-0.3, -0.25) is 9.69 Å². The Bertz CT molecular complexity index is 924. The van der Waals surface area contributed by atoms with Gasteiger partial charge in [0, 0.05) is 18.0 Å². The predicted octanol–water partition coefficient (Wildman–Crippen LogP) is 6.14. The number of hydrogen-bond acceptors (Lipinski definition) is 6. The van der Waals surface area contributed by atoms with E-state index in [1.807, 2.05) is 6.07 Å². The van der Waals surface area contributed by atoms with Gasteiger partial charge < -0.3 is 4.90 Å². The molecule has 0 saturated carbocycles. The number of carbonyl (C=O) groups excluding carboxylic acids is 1. The average molecular weight is 477 g/mol. The third kappa shape index (κ3) is 5.40. The number of rotatable bonds is 8. The van der Waals surface area contributed by atoms with Crippen molar-refractivity contribution in [2.24, 2.45) is 0 Å². The molecule has 0 bridgehead atoms. The first kappa shape index (κ1) is 23.4. The minimum Gasteiger partial charge on any atom is -0.302 e. The number of thiazole rings is 1. The maximum Gasteiger partial charge on any atom is 0.270 e. The lowest BCUT2D eigenvalue weighted by atomic mass is 10.3. The van der Waals surface area contributed by atoms with Crippen molar-refractivity contribution in [1.29, 1.82) is 0 Å². The molecule has 0 unspecified atom stereocenters. The van der Waals surface area contributed by atoms with E-state index in [9.17, 15) is 4.79 Å². The summed E-state index contributed by atoms with van der Waals surface area (Å²) in [5, 5.41) is 0.741. The topological polar surface area (TPSA) is 36.4 Å². The number of hydrogen-bond donors (Lipinski definition) is 0. The molecule has 3 aromatic rings. The zero-order valence-corrected chi connectivity index (χ0v) is 20.0. The van der Waals surface area contributed by atoms with Crippen LogP contribution in [0.3, 0.4) is 0 Å². The number of nitrogens with zero attached hydrogens (tertiary/aromatic N) is 3. The smallest absolute Gasteiger partial charge is 0.270 e. The Hall–Kier alpha value is -0.830. The van der Waals surface area contributed by atoms with E-state index in [1.54, 1.807) is 40.1 Å². The van der Waals surface area contributed by atoms with Crippen molar-refractivity contribution in [2.45, 2.75) is 18.7 Å². The Kier molecular flexibility index (Phi) is 9.05. The quantitative estimate of drug-likeness (QED) is 0.366. The van der Waals surface area contributed by atoms with Crippen molar-refractivity contribution in [3.05, 3.63) is 39.5 Å². The SMILES string of the molecule is CCN(CC)CCN(C(=O)c1ccc(Cl)s1)c1nc2ccc(SC)cc2s1.Cl. The molecule has 1 amide bonds. The summed E-state index contributed by atoms with van der Waals surface area (Å²) in [6.45, 7) is 7.60. The maximum atomic E-state index is 13.2. The molecule has 152 valence electrons. The summed E-state index contributed by atoms with van der Waals surface area (Å²) in [6, 6.07) is 9.79. The molecule has 4 nitrogen and oxygen atoms in total. The van der Waals surface area contributed by atoms with Gasteiger partial charge in [-0.1, -0.05) is 36.8 Å². The first-order valence-electron chi connectivity index (χ1n) is 8.79. The van der Waals surface area contributed by atoms with Crippen LogP contribution >= 0.6 is 58.4 Å². The second-order valence-corrected chi connectivity index (χ2v) is 9.52. The molecule has 0 N–H and O–H groups in total. The van der Waals surface area contributed by atoms with Crippen LogP contribution in [0.15, 0.2) is 35.2 Å². The predicted molar refractivity (Wildman–Crippen MR) is 127 cm³/mol. The summed E-state index contributed by atoms with van der Waals surface area (Å²) < 4.78 is 1.72. The van der Waals surface area contributed by atoms with Crippen molar-refractivity contribution in [2.75, 3.05) is 37.3 Å². The summed E-state index contributed by atoms with van der Waals surface area (Å²) in [5.74, 6) is -0.0387. The van der Waals surface area contributed by atoms with Crippen LogP contribution in [0, 0.1) is 0 Å². The molecule has 0 fully saturated rings. The van der Waals surface area contributed by atoms with Crippen LogP contribution in [-0.4, -0.2) is 48.2 Å². The van der Waals surface area contributed by atoms with Gasteiger partial charge in [0.05, 0.1) is 19.4 Å². The standard InChI is InChI=1S/C19H22ClN3OS3.ClH/c1-4-22(5-2)10-11-23(18(24)15-8-9-17(20)26-15)19-21-14-7-6-13(25-3)12-16(14)27-19;/h6-9,12H,4-5,10-11H2,1-3H3;1H. The molecule has 0 aliphatic heterocycles. The van der Waals surface area contributed by atoms with Crippen LogP contribution < -0.4 is 4.90 Å². The summed E-state index contributed by atoms with van der Waals surface area (Å²) in [5.41, 5.74) is 0.928. The lowest BCUT2D eigenvalue weighted by Gasteiger charge is -2.24. The summed E-state index contributed by atoms with van der Waals surface area (Å²) in [4.78, 5) is 23.9. The molecule has 0 aliphatic rings. The Balaban J connectivity index is 0.00000280. The van der Waals surface area contributed by atoms with E-state index in [2.05, 4.69) is 37.1 Å². The summed E-state index contributed by atoms with van der Waals surface area (Å²) >= 11 is 10.6. The fourth-order valence-corrected chi connectivity index (χ4v) is 5.30. The normalized spacial score (nSPS) is 11.0. The highest BCUT2D eigenvalue weighted by Crippen LogP contribution is 2.33. The number of carbonyl (C=O) groups is 1. The van der Waals surface area contributed by atoms with E-state index in [0.29, 0.717) is 15.8 Å². The number of benzene rings is 1. The number of thiophene rings is 1. The van der Waals surface area contributed by atoms with Gasteiger partial charge in [0.1, 0.15) is 0 Å². The fourth-order valence-electron chi connectivity index (χ4n) is 2.76. The Morgan fingerprint density at radius 3 is 2.50 bits per heavy atom. The lowest BCUT2D eigenvalue weighted by Crippen LogP contribution is -2.38. The molecule has 0 radical (unpaired) electrons. The summed E-state index contributed by atoms with van der Waals surface area (Å²) in [7, 11) is 0. The van der Waals surface area contributed by atoms with Crippen molar-refractivity contribution in [3.8, 4) is 0 Å².